The number of hydrogen-bond donors (Lipinski definition) is 0. The van der Waals surface area contributed by atoms with Crippen molar-refractivity contribution < 1.29 is 9.53 Å². The zero-order valence-corrected chi connectivity index (χ0v) is 17.8. The highest BCUT2D eigenvalue weighted by Crippen LogP contribution is 2.27. The van der Waals surface area contributed by atoms with Gasteiger partial charge in [-0.05, 0) is 76.5 Å². The molecule has 0 aliphatic carbocycles. The maximum atomic E-state index is 12.9. The molecule has 158 valence electrons. The monoisotopic (exact) mass is 405 g/mol. The first-order chi connectivity index (χ1) is 14.7. The molecule has 1 saturated heterocycles. The van der Waals surface area contributed by atoms with E-state index in [1.54, 1.807) is 6.26 Å². The van der Waals surface area contributed by atoms with Crippen LogP contribution in [0.5, 0.6) is 5.75 Å². The SMILES string of the molecule is CC1=COc2ccccc2C(=O)N1CCCCCN1CCC(c2ccccn2)CC1. The van der Waals surface area contributed by atoms with Gasteiger partial charge in [-0.15, -0.1) is 0 Å². The number of carbonyl (C=O) groups excluding carboxylic acids is 1. The van der Waals surface area contributed by atoms with Crippen molar-refractivity contribution in [1.29, 1.82) is 0 Å². The van der Waals surface area contributed by atoms with Crippen LogP contribution >= 0.6 is 0 Å². The molecule has 0 atom stereocenters. The molecule has 1 aromatic heterocycles. The molecule has 1 aromatic carbocycles. The standard InChI is InChI=1S/C25H31N3O2/c1-20-19-30-24-11-4-3-9-22(24)25(29)28(20)16-8-2-7-15-27-17-12-21(13-18-27)23-10-5-6-14-26-23/h3-6,9-11,14,19,21H,2,7-8,12-13,15-18H2,1H3. The van der Waals surface area contributed by atoms with Gasteiger partial charge in [0.2, 0.25) is 0 Å². The lowest BCUT2D eigenvalue weighted by Gasteiger charge is -2.31. The molecule has 5 heteroatoms. The fraction of sp³-hybridized carbons (Fsp3) is 0.440. The number of pyridine rings is 1. The zero-order valence-electron chi connectivity index (χ0n) is 17.8. The number of benzene rings is 1. The molecule has 0 spiro atoms. The van der Waals surface area contributed by atoms with Crippen molar-refractivity contribution in [1.82, 2.24) is 14.8 Å². The summed E-state index contributed by atoms with van der Waals surface area (Å²) in [5, 5.41) is 0. The number of likely N-dealkylation sites (tertiary alicyclic amines) is 1. The summed E-state index contributed by atoms with van der Waals surface area (Å²) in [4.78, 5) is 21.9. The number of carbonyl (C=O) groups is 1. The summed E-state index contributed by atoms with van der Waals surface area (Å²) in [5.74, 6) is 1.28. The van der Waals surface area contributed by atoms with Crippen LogP contribution in [0.3, 0.4) is 0 Å². The number of unbranched alkanes of at least 4 members (excludes halogenated alkanes) is 2. The number of fused-ring (bicyclic) bond motifs is 1. The lowest BCUT2D eigenvalue weighted by Crippen LogP contribution is -2.34. The molecule has 1 amide bonds. The van der Waals surface area contributed by atoms with E-state index in [2.05, 4.69) is 22.0 Å². The second kappa shape index (κ2) is 9.90. The van der Waals surface area contributed by atoms with Gasteiger partial charge in [0, 0.05) is 24.4 Å². The quantitative estimate of drug-likeness (QED) is 0.619. The van der Waals surface area contributed by atoms with Crippen LogP contribution in [0.4, 0.5) is 0 Å². The lowest BCUT2D eigenvalue weighted by atomic mass is 9.93. The van der Waals surface area contributed by atoms with Crippen LogP contribution in [0.15, 0.2) is 60.6 Å². The number of rotatable bonds is 7. The Labute approximate surface area is 179 Å². The number of ether oxygens (including phenoxy) is 1. The Balaban J connectivity index is 1.18. The minimum absolute atomic E-state index is 0.0356. The van der Waals surface area contributed by atoms with E-state index < -0.39 is 0 Å². The van der Waals surface area contributed by atoms with Crippen molar-refractivity contribution in [3.8, 4) is 5.75 Å². The predicted octanol–water partition coefficient (Wildman–Crippen LogP) is 4.83. The van der Waals surface area contributed by atoms with Gasteiger partial charge in [0.25, 0.3) is 5.91 Å². The summed E-state index contributed by atoms with van der Waals surface area (Å²) >= 11 is 0. The third-order valence-corrected chi connectivity index (χ3v) is 6.19. The first-order valence-electron chi connectivity index (χ1n) is 11.1. The smallest absolute Gasteiger partial charge is 0.261 e. The van der Waals surface area contributed by atoms with Gasteiger partial charge >= 0.3 is 0 Å². The Morgan fingerprint density at radius 3 is 2.57 bits per heavy atom. The fourth-order valence-electron chi connectivity index (χ4n) is 4.39. The van der Waals surface area contributed by atoms with Gasteiger partial charge in [0.05, 0.1) is 11.3 Å². The van der Waals surface area contributed by atoms with E-state index in [1.165, 1.54) is 25.0 Å². The number of allylic oxidation sites excluding steroid dienone is 1. The molecular weight excluding hydrogens is 374 g/mol. The average molecular weight is 406 g/mol. The summed E-state index contributed by atoms with van der Waals surface area (Å²) in [7, 11) is 0. The highest BCUT2D eigenvalue weighted by atomic mass is 16.5. The summed E-state index contributed by atoms with van der Waals surface area (Å²) < 4.78 is 5.67. The normalized spacial score (nSPS) is 17.8. The molecule has 0 bridgehead atoms. The van der Waals surface area contributed by atoms with E-state index >= 15 is 0 Å². The molecule has 2 aliphatic rings. The van der Waals surface area contributed by atoms with Crippen molar-refractivity contribution in [2.24, 2.45) is 0 Å². The molecule has 3 heterocycles. The molecule has 0 saturated carbocycles. The topological polar surface area (TPSA) is 45.7 Å². The Morgan fingerprint density at radius 1 is 1.00 bits per heavy atom. The maximum Gasteiger partial charge on any atom is 0.261 e. The van der Waals surface area contributed by atoms with Crippen molar-refractivity contribution in [2.75, 3.05) is 26.2 Å². The summed E-state index contributed by atoms with van der Waals surface area (Å²) in [6, 6.07) is 13.7. The molecule has 4 rings (SSSR count). The Kier molecular flexibility index (Phi) is 6.80. The van der Waals surface area contributed by atoms with Gasteiger partial charge in [-0.25, -0.2) is 0 Å². The average Bonchev–Trinajstić information content (AvgIpc) is 2.91. The highest BCUT2D eigenvalue weighted by Gasteiger charge is 2.24. The van der Waals surface area contributed by atoms with E-state index in [-0.39, 0.29) is 5.91 Å². The predicted molar refractivity (Wildman–Crippen MR) is 118 cm³/mol. The molecule has 2 aliphatic heterocycles. The first kappa shape index (κ1) is 20.6. The van der Waals surface area contributed by atoms with Crippen LogP contribution in [0.1, 0.15) is 61.0 Å². The number of amides is 1. The van der Waals surface area contributed by atoms with Gasteiger partial charge in [0.15, 0.2) is 0 Å². The van der Waals surface area contributed by atoms with Gasteiger partial charge < -0.3 is 14.5 Å². The number of aromatic nitrogens is 1. The summed E-state index contributed by atoms with van der Waals surface area (Å²) in [6.07, 6.45) is 9.29. The Bertz CT molecular complexity index is 873. The largest absolute Gasteiger partial charge is 0.462 e. The zero-order chi connectivity index (χ0) is 20.8. The molecule has 0 unspecified atom stereocenters. The molecule has 1 fully saturated rings. The number of para-hydroxylation sites is 1. The molecule has 2 aromatic rings. The van der Waals surface area contributed by atoms with Crippen LogP contribution in [0.25, 0.3) is 0 Å². The minimum atomic E-state index is 0.0356. The van der Waals surface area contributed by atoms with Crippen LogP contribution < -0.4 is 4.74 Å². The number of piperidine rings is 1. The van der Waals surface area contributed by atoms with E-state index in [4.69, 9.17) is 4.74 Å². The minimum Gasteiger partial charge on any atom is -0.462 e. The van der Waals surface area contributed by atoms with Crippen molar-refractivity contribution in [3.05, 3.63) is 71.9 Å². The first-order valence-corrected chi connectivity index (χ1v) is 11.1. The number of nitrogens with zero attached hydrogens (tertiary/aromatic N) is 3. The Morgan fingerprint density at radius 2 is 1.77 bits per heavy atom. The van der Waals surface area contributed by atoms with Crippen LogP contribution in [0.2, 0.25) is 0 Å². The summed E-state index contributed by atoms with van der Waals surface area (Å²) in [6.45, 7) is 6.13. The molecule has 0 N–H and O–H groups in total. The summed E-state index contributed by atoms with van der Waals surface area (Å²) in [5.41, 5.74) is 2.75. The van der Waals surface area contributed by atoms with E-state index in [9.17, 15) is 4.79 Å². The van der Waals surface area contributed by atoms with Gasteiger partial charge in [0.1, 0.15) is 12.0 Å². The lowest BCUT2D eigenvalue weighted by molar-refractivity contribution is 0.0805. The van der Waals surface area contributed by atoms with Gasteiger partial charge in [-0.3, -0.25) is 9.78 Å². The Hall–Kier alpha value is -2.66. The van der Waals surface area contributed by atoms with Gasteiger partial charge in [-0.2, -0.15) is 0 Å². The third kappa shape index (κ3) is 4.90. The molecular formula is C25H31N3O2. The van der Waals surface area contributed by atoms with Gasteiger partial charge in [-0.1, -0.05) is 24.6 Å². The highest BCUT2D eigenvalue weighted by molar-refractivity contribution is 5.98. The van der Waals surface area contributed by atoms with Crippen LogP contribution in [0, 0.1) is 0 Å². The van der Waals surface area contributed by atoms with E-state index in [1.807, 2.05) is 48.4 Å². The number of hydrogen-bond acceptors (Lipinski definition) is 4. The van der Waals surface area contributed by atoms with Crippen LogP contribution in [-0.2, 0) is 0 Å². The van der Waals surface area contributed by atoms with Crippen molar-refractivity contribution in [2.45, 2.75) is 44.9 Å². The molecule has 5 nitrogen and oxygen atoms in total. The van der Waals surface area contributed by atoms with Crippen molar-refractivity contribution in [3.63, 3.8) is 0 Å². The second-order valence-electron chi connectivity index (χ2n) is 8.26. The van der Waals surface area contributed by atoms with Crippen molar-refractivity contribution >= 4 is 5.91 Å². The molecule has 30 heavy (non-hydrogen) atoms. The van der Waals surface area contributed by atoms with Crippen LogP contribution in [-0.4, -0.2) is 46.9 Å². The van der Waals surface area contributed by atoms with E-state index in [0.29, 0.717) is 17.2 Å². The maximum absolute atomic E-state index is 12.9. The fourth-order valence-corrected chi connectivity index (χ4v) is 4.39. The van der Waals surface area contributed by atoms with E-state index in [0.717, 1.165) is 44.7 Å². The third-order valence-electron chi connectivity index (χ3n) is 6.19. The second-order valence-corrected chi connectivity index (χ2v) is 8.26. The molecule has 0 radical (unpaired) electrons.